The van der Waals surface area contributed by atoms with Gasteiger partial charge in [-0.1, -0.05) is 6.92 Å². The normalized spacial score (nSPS) is 28.1. The van der Waals surface area contributed by atoms with Crippen LogP contribution in [0.1, 0.15) is 26.2 Å². The molecule has 4 nitrogen and oxygen atoms in total. The Hall–Kier alpha value is -0.130. The predicted molar refractivity (Wildman–Crippen MR) is 56.0 cm³/mol. The van der Waals surface area contributed by atoms with E-state index in [1.165, 1.54) is 0 Å². The van der Waals surface area contributed by atoms with E-state index >= 15 is 0 Å². The van der Waals surface area contributed by atoms with Crippen molar-refractivity contribution in [2.45, 2.75) is 38.3 Å². The van der Waals surface area contributed by atoms with Crippen LogP contribution in [0.15, 0.2) is 0 Å². The van der Waals surface area contributed by atoms with Crippen LogP contribution in [0.4, 0.5) is 0 Å². The molecule has 0 aromatic rings. The highest BCUT2D eigenvalue weighted by atomic mass is 32.2. The zero-order valence-corrected chi connectivity index (χ0v) is 9.39. The highest BCUT2D eigenvalue weighted by molar-refractivity contribution is 7.91. The third kappa shape index (κ3) is 3.55. The van der Waals surface area contributed by atoms with Gasteiger partial charge in [0.15, 0.2) is 9.84 Å². The average molecular weight is 221 g/mol. The Labute approximate surface area is 85.6 Å². The highest BCUT2D eigenvalue weighted by Crippen LogP contribution is 2.18. The van der Waals surface area contributed by atoms with Crippen molar-refractivity contribution < 1.29 is 13.5 Å². The number of nitrogens with one attached hydrogen (secondary N) is 1. The first-order chi connectivity index (χ1) is 6.55. The number of aliphatic hydroxyl groups excluding tert-OH is 1. The standard InChI is InChI=1S/C9H19NO3S/c1-2-14(12,13)7-6-10-8-4-3-5-9(8)11/h8-11H,2-7H2,1H3/t8-,9-/m0/s1. The van der Waals surface area contributed by atoms with Crippen LogP contribution in [0.3, 0.4) is 0 Å². The Kier molecular flexibility index (Phi) is 4.34. The molecule has 0 aromatic carbocycles. The van der Waals surface area contributed by atoms with Crippen LogP contribution in [-0.2, 0) is 9.84 Å². The van der Waals surface area contributed by atoms with Crippen LogP contribution in [-0.4, -0.2) is 43.7 Å². The van der Waals surface area contributed by atoms with Crippen molar-refractivity contribution in [2.24, 2.45) is 0 Å². The van der Waals surface area contributed by atoms with E-state index in [-0.39, 0.29) is 23.7 Å². The van der Waals surface area contributed by atoms with Gasteiger partial charge in [-0.3, -0.25) is 0 Å². The van der Waals surface area contributed by atoms with Crippen molar-refractivity contribution in [3.05, 3.63) is 0 Å². The van der Waals surface area contributed by atoms with E-state index in [4.69, 9.17) is 0 Å². The summed E-state index contributed by atoms with van der Waals surface area (Å²) in [4.78, 5) is 0. The Morgan fingerprint density at radius 1 is 1.43 bits per heavy atom. The zero-order valence-electron chi connectivity index (χ0n) is 8.57. The third-order valence-electron chi connectivity index (χ3n) is 2.74. The van der Waals surface area contributed by atoms with Gasteiger partial charge < -0.3 is 10.4 Å². The summed E-state index contributed by atoms with van der Waals surface area (Å²) in [6.45, 7) is 2.11. The molecule has 1 rings (SSSR count). The predicted octanol–water partition coefficient (Wildman–Crippen LogP) is -0.0759. The maximum absolute atomic E-state index is 11.2. The molecule has 1 aliphatic rings. The van der Waals surface area contributed by atoms with Gasteiger partial charge in [0.2, 0.25) is 0 Å². The minimum absolute atomic E-state index is 0.0991. The molecule has 0 spiro atoms. The Bertz CT molecular complexity index is 263. The van der Waals surface area contributed by atoms with E-state index in [0.29, 0.717) is 6.54 Å². The summed E-state index contributed by atoms with van der Waals surface area (Å²) in [7, 11) is -2.87. The molecule has 1 saturated carbocycles. The van der Waals surface area contributed by atoms with Crippen LogP contribution in [0.5, 0.6) is 0 Å². The molecule has 14 heavy (non-hydrogen) atoms. The Balaban J connectivity index is 2.21. The summed E-state index contributed by atoms with van der Waals surface area (Å²) < 4.78 is 22.3. The molecule has 0 amide bonds. The quantitative estimate of drug-likeness (QED) is 0.681. The summed E-state index contributed by atoms with van der Waals surface area (Å²) in [5.74, 6) is 0.370. The van der Waals surface area contributed by atoms with Crippen LogP contribution in [0, 0.1) is 0 Å². The monoisotopic (exact) mass is 221 g/mol. The Morgan fingerprint density at radius 2 is 2.14 bits per heavy atom. The second-order valence-corrected chi connectivity index (χ2v) is 6.27. The fourth-order valence-electron chi connectivity index (χ4n) is 1.72. The van der Waals surface area contributed by atoms with Gasteiger partial charge in [0.1, 0.15) is 0 Å². The third-order valence-corrected chi connectivity index (χ3v) is 4.44. The molecule has 0 saturated heterocycles. The van der Waals surface area contributed by atoms with E-state index in [0.717, 1.165) is 19.3 Å². The summed E-state index contributed by atoms with van der Waals surface area (Å²) in [5.41, 5.74) is 0. The highest BCUT2D eigenvalue weighted by Gasteiger charge is 2.24. The topological polar surface area (TPSA) is 66.4 Å². The van der Waals surface area contributed by atoms with Crippen molar-refractivity contribution in [1.82, 2.24) is 5.32 Å². The summed E-state index contributed by atoms with van der Waals surface area (Å²) >= 11 is 0. The Morgan fingerprint density at radius 3 is 2.64 bits per heavy atom. The maximum Gasteiger partial charge on any atom is 0.151 e. The molecule has 5 heteroatoms. The van der Waals surface area contributed by atoms with Crippen molar-refractivity contribution in [1.29, 1.82) is 0 Å². The summed E-state index contributed by atoms with van der Waals surface area (Å²) in [6.07, 6.45) is 2.52. The molecule has 0 bridgehead atoms. The molecule has 0 radical (unpaired) electrons. The summed E-state index contributed by atoms with van der Waals surface area (Å²) in [6, 6.07) is 0.0991. The number of sulfone groups is 1. The smallest absolute Gasteiger partial charge is 0.151 e. The van der Waals surface area contributed by atoms with Gasteiger partial charge in [0.25, 0.3) is 0 Å². The lowest BCUT2D eigenvalue weighted by Gasteiger charge is -2.15. The number of rotatable bonds is 5. The van der Waals surface area contributed by atoms with Gasteiger partial charge in [-0.15, -0.1) is 0 Å². The van der Waals surface area contributed by atoms with Crippen LogP contribution in [0.2, 0.25) is 0 Å². The molecule has 84 valence electrons. The fraction of sp³-hybridized carbons (Fsp3) is 1.00. The van der Waals surface area contributed by atoms with Crippen LogP contribution in [0.25, 0.3) is 0 Å². The fourth-order valence-corrected chi connectivity index (χ4v) is 2.44. The second kappa shape index (κ2) is 5.09. The van der Waals surface area contributed by atoms with Crippen molar-refractivity contribution in [2.75, 3.05) is 18.1 Å². The lowest BCUT2D eigenvalue weighted by molar-refractivity contribution is 0.150. The van der Waals surface area contributed by atoms with Crippen LogP contribution >= 0.6 is 0 Å². The molecule has 0 aromatic heterocycles. The maximum atomic E-state index is 11.2. The van der Waals surface area contributed by atoms with Gasteiger partial charge in [-0.05, 0) is 19.3 Å². The van der Waals surface area contributed by atoms with E-state index in [1.54, 1.807) is 6.92 Å². The molecule has 1 aliphatic carbocycles. The summed E-state index contributed by atoms with van der Waals surface area (Å²) in [5, 5.41) is 12.6. The van der Waals surface area contributed by atoms with Gasteiger partial charge >= 0.3 is 0 Å². The number of hydrogen-bond donors (Lipinski definition) is 2. The van der Waals surface area contributed by atoms with Crippen LogP contribution < -0.4 is 5.32 Å². The average Bonchev–Trinajstić information content (AvgIpc) is 2.52. The van der Waals surface area contributed by atoms with Crippen molar-refractivity contribution >= 4 is 9.84 Å². The van der Waals surface area contributed by atoms with E-state index in [2.05, 4.69) is 5.32 Å². The minimum atomic E-state index is -2.87. The largest absolute Gasteiger partial charge is 0.392 e. The molecular formula is C9H19NO3S. The first-order valence-corrected chi connectivity index (χ1v) is 6.99. The van der Waals surface area contributed by atoms with E-state index in [1.807, 2.05) is 0 Å². The molecule has 0 aliphatic heterocycles. The molecule has 0 heterocycles. The number of aliphatic hydroxyl groups is 1. The second-order valence-electron chi connectivity index (χ2n) is 3.80. The lowest BCUT2D eigenvalue weighted by atomic mass is 10.2. The SMILES string of the molecule is CCS(=O)(=O)CCN[C@H]1CCC[C@@H]1O. The molecule has 2 N–H and O–H groups in total. The first-order valence-electron chi connectivity index (χ1n) is 5.17. The molecule has 2 atom stereocenters. The van der Waals surface area contributed by atoms with Gasteiger partial charge in [0.05, 0.1) is 11.9 Å². The lowest BCUT2D eigenvalue weighted by Crippen LogP contribution is -2.38. The van der Waals surface area contributed by atoms with Crippen molar-refractivity contribution in [3.63, 3.8) is 0 Å². The van der Waals surface area contributed by atoms with E-state index < -0.39 is 9.84 Å². The number of hydrogen-bond acceptors (Lipinski definition) is 4. The van der Waals surface area contributed by atoms with Gasteiger partial charge in [-0.2, -0.15) is 0 Å². The van der Waals surface area contributed by atoms with Crippen molar-refractivity contribution in [3.8, 4) is 0 Å². The molecule has 1 fully saturated rings. The van der Waals surface area contributed by atoms with Gasteiger partial charge in [0, 0.05) is 18.3 Å². The molecular weight excluding hydrogens is 202 g/mol. The zero-order chi connectivity index (χ0) is 10.6. The van der Waals surface area contributed by atoms with E-state index in [9.17, 15) is 13.5 Å². The molecule has 0 unspecified atom stereocenters. The minimum Gasteiger partial charge on any atom is -0.392 e. The van der Waals surface area contributed by atoms with Gasteiger partial charge in [-0.25, -0.2) is 8.42 Å². The first kappa shape index (κ1) is 11.9.